The molecule has 0 saturated carbocycles. The molecule has 0 radical (unpaired) electrons. The highest BCUT2D eigenvalue weighted by Crippen LogP contribution is 2.18. The first-order chi connectivity index (χ1) is 16.8. The Morgan fingerprint density at radius 2 is 1.57 bits per heavy atom. The number of hydrogen-bond donors (Lipinski definition) is 1. The molecular weight excluding hydrogens is 504 g/mol. The number of carbonyl (C=O) groups excluding carboxylic acids is 2. The van der Waals surface area contributed by atoms with Crippen LogP contribution in [-0.2, 0) is 22.6 Å². The predicted molar refractivity (Wildman–Crippen MR) is 143 cm³/mol. The number of nitrogens with one attached hydrogen (secondary N) is 1. The summed E-state index contributed by atoms with van der Waals surface area (Å²) in [6.07, 6.45) is 0.417. The van der Waals surface area contributed by atoms with Crippen LogP contribution in [0.2, 0.25) is 0 Å². The average molecular weight is 537 g/mol. The highest BCUT2D eigenvalue weighted by atomic mass is 79.9. The molecule has 0 heterocycles. The Morgan fingerprint density at radius 1 is 0.914 bits per heavy atom. The van der Waals surface area contributed by atoms with E-state index in [0.717, 1.165) is 21.2 Å². The van der Waals surface area contributed by atoms with Gasteiger partial charge in [0.2, 0.25) is 5.91 Å². The first-order valence-electron chi connectivity index (χ1n) is 11.9. The van der Waals surface area contributed by atoms with Crippen LogP contribution < -0.4 is 10.1 Å². The van der Waals surface area contributed by atoms with Crippen LogP contribution in [0.3, 0.4) is 0 Å². The van der Waals surface area contributed by atoms with Gasteiger partial charge < -0.3 is 15.0 Å². The molecule has 0 aliphatic heterocycles. The van der Waals surface area contributed by atoms with Crippen molar-refractivity contribution in [3.05, 3.63) is 100 Å². The summed E-state index contributed by atoms with van der Waals surface area (Å²) in [4.78, 5) is 28.6. The lowest BCUT2D eigenvalue weighted by molar-refractivity contribution is -0.142. The summed E-state index contributed by atoms with van der Waals surface area (Å²) in [6, 6.07) is 24.5. The van der Waals surface area contributed by atoms with Crippen LogP contribution >= 0.6 is 15.9 Å². The molecular formula is C29H33BrN2O3. The second kappa shape index (κ2) is 13.1. The summed E-state index contributed by atoms with van der Waals surface area (Å²) < 4.78 is 6.73. The van der Waals surface area contributed by atoms with Crippen molar-refractivity contribution in [2.24, 2.45) is 5.92 Å². The highest BCUT2D eigenvalue weighted by Gasteiger charge is 2.30. The second-order valence-corrected chi connectivity index (χ2v) is 10.0. The first kappa shape index (κ1) is 26.5. The Balaban J connectivity index is 1.88. The van der Waals surface area contributed by atoms with Gasteiger partial charge in [0.25, 0.3) is 5.91 Å². The van der Waals surface area contributed by atoms with Crippen molar-refractivity contribution in [3.63, 3.8) is 0 Å². The number of amides is 2. The third kappa shape index (κ3) is 8.55. The number of nitrogens with zero attached hydrogens (tertiary/aromatic N) is 1. The maximum absolute atomic E-state index is 13.5. The molecule has 0 aliphatic carbocycles. The Bertz CT molecular complexity index is 1080. The summed E-state index contributed by atoms with van der Waals surface area (Å²) in [5.41, 5.74) is 3.09. The second-order valence-electron chi connectivity index (χ2n) is 9.09. The zero-order chi connectivity index (χ0) is 25.2. The quantitative estimate of drug-likeness (QED) is 0.349. The Morgan fingerprint density at radius 3 is 2.20 bits per heavy atom. The summed E-state index contributed by atoms with van der Waals surface area (Å²) in [5.74, 6) is 0.500. The minimum absolute atomic E-state index is 0.157. The van der Waals surface area contributed by atoms with Crippen LogP contribution in [0.1, 0.15) is 30.5 Å². The van der Waals surface area contributed by atoms with Crippen molar-refractivity contribution in [1.82, 2.24) is 10.2 Å². The molecule has 0 aromatic heterocycles. The molecule has 35 heavy (non-hydrogen) atoms. The molecule has 1 N–H and O–H groups in total. The van der Waals surface area contributed by atoms with Crippen molar-refractivity contribution in [2.45, 2.75) is 39.8 Å². The van der Waals surface area contributed by atoms with Gasteiger partial charge in [-0.25, -0.2) is 0 Å². The molecule has 0 fully saturated rings. The molecule has 0 aliphatic rings. The smallest absolute Gasteiger partial charge is 0.261 e. The topological polar surface area (TPSA) is 58.6 Å². The zero-order valence-electron chi connectivity index (χ0n) is 20.5. The van der Waals surface area contributed by atoms with Gasteiger partial charge in [-0.3, -0.25) is 9.59 Å². The lowest BCUT2D eigenvalue weighted by atomic mass is 10.0. The van der Waals surface area contributed by atoms with E-state index in [0.29, 0.717) is 31.2 Å². The maximum Gasteiger partial charge on any atom is 0.261 e. The maximum atomic E-state index is 13.5. The molecule has 0 bridgehead atoms. The van der Waals surface area contributed by atoms with E-state index in [1.165, 1.54) is 0 Å². The molecule has 3 aromatic carbocycles. The summed E-state index contributed by atoms with van der Waals surface area (Å²) in [5, 5.41) is 3.03. The average Bonchev–Trinajstić information content (AvgIpc) is 2.86. The van der Waals surface area contributed by atoms with Crippen LogP contribution in [0.4, 0.5) is 0 Å². The number of carbonyl (C=O) groups is 2. The van der Waals surface area contributed by atoms with Gasteiger partial charge in [-0.15, -0.1) is 0 Å². The minimum Gasteiger partial charge on any atom is -0.484 e. The van der Waals surface area contributed by atoms with Crippen molar-refractivity contribution < 1.29 is 14.3 Å². The van der Waals surface area contributed by atoms with Gasteiger partial charge in [-0.05, 0) is 48.2 Å². The molecule has 3 rings (SSSR count). The van der Waals surface area contributed by atoms with Gasteiger partial charge in [0.1, 0.15) is 11.8 Å². The summed E-state index contributed by atoms with van der Waals surface area (Å²) >= 11 is 3.41. The minimum atomic E-state index is -0.668. The normalized spacial score (nSPS) is 11.7. The van der Waals surface area contributed by atoms with E-state index >= 15 is 0 Å². The number of aryl methyl sites for hydroxylation is 1. The van der Waals surface area contributed by atoms with E-state index in [-0.39, 0.29) is 18.4 Å². The van der Waals surface area contributed by atoms with E-state index < -0.39 is 6.04 Å². The number of benzene rings is 3. The van der Waals surface area contributed by atoms with Gasteiger partial charge in [-0.2, -0.15) is 0 Å². The predicted octanol–water partition coefficient (Wildman–Crippen LogP) is 5.55. The van der Waals surface area contributed by atoms with Crippen LogP contribution in [-0.4, -0.2) is 35.9 Å². The third-order valence-corrected chi connectivity index (χ3v) is 6.13. The van der Waals surface area contributed by atoms with Crippen LogP contribution in [0.5, 0.6) is 5.75 Å². The number of halogens is 1. The summed E-state index contributed by atoms with van der Waals surface area (Å²) in [7, 11) is 0. The Kier molecular flexibility index (Phi) is 9.91. The van der Waals surface area contributed by atoms with Crippen LogP contribution in [0.25, 0.3) is 0 Å². The van der Waals surface area contributed by atoms with Crippen molar-refractivity contribution >= 4 is 27.7 Å². The fourth-order valence-electron chi connectivity index (χ4n) is 3.63. The third-order valence-electron chi connectivity index (χ3n) is 5.61. The van der Waals surface area contributed by atoms with Gasteiger partial charge in [0.15, 0.2) is 6.61 Å². The summed E-state index contributed by atoms with van der Waals surface area (Å²) in [6.45, 7) is 6.83. The van der Waals surface area contributed by atoms with Crippen molar-refractivity contribution in [3.8, 4) is 5.75 Å². The van der Waals surface area contributed by atoms with Gasteiger partial charge in [0.05, 0.1) is 0 Å². The molecule has 3 aromatic rings. The Hall–Kier alpha value is -3.12. The monoisotopic (exact) mass is 536 g/mol. The van der Waals surface area contributed by atoms with E-state index in [2.05, 4.69) is 21.2 Å². The van der Waals surface area contributed by atoms with Crippen LogP contribution in [0, 0.1) is 12.8 Å². The number of hydrogen-bond acceptors (Lipinski definition) is 3. The van der Waals surface area contributed by atoms with E-state index in [1.54, 1.807) is 17.0 Å². The molecule has 0 saturated heterocycles. The number of rotatable bonds is 11. The number of ether oxygens (including phenoxy) is 1. The molecule has 1 atom stereocenters. The van der Waals surface area contributed by atoms with Crippen molar-refractivity contribution in [2.75, 3.05) is 13.2 Å². The van der Waals surface area contributed by atoms with Gasteiger partial charge in [-0.1, -0.05) is 89.9 Å². The van der Waals surface area contributed by atoms with Crippen molar-refractivity contribution in [1.29, 1.82) is 0 Å². The molecule has 6 heteroatoms. The SMILES string of the molecule is Cc1ccc(CN(C(=O)COc2ccc(Br)cc2)[C@@H](Cc2ccccc2)C(=O)NCC(C)C)cc1. The van der Waals surface area contributed by atoms with E-state index in [1.807, 2.05) is 87.5 Å². The Labute approximate surface area is 216 Å². The molecule has 184 valence electrons. The molecule has 0 unspecified atom stereocenters. The lowest BCUT2D eigenvalue weighted by Crippen LogP contribution is -2.52. The first-order valence-corrected chi connectivity index (χ1v) is 12.7. The van der Waals surface area contributed by atoms with Crippen LogP contribution in [0.15, 0.2) is 83.3 Å². The lowest BCUT2D eigenvalue weighted by Gasteiger charge is -2.31. The van der Waals surface area contributed by atoms with E-state index in [9.17, 15) is 9.59 Å². The highest BCUT2D eigenvalue weighted by molar-refractivity contribution is 9.10. The molecule has 0 spiro atoms. The van der Waals surface area contributed by atoms with Gasteiger partial charge in [0, 0.05) is 24.0 Å². The molecule has 2 amide bonds. The van der Waals surface area contributed by atoms with E-state index in [4.69, 9.17) is 4.74 Å². The molecule has 5 nitrogen and oxygen atoms in total. The zero-order valence-corrected chi connectivity index (χ0v) is 22.1. The standard InChI is InChI=1S/C29H33BrN2O3/c1-21(2)18-31-29(34)27(17-23-7-5-4-6-8-23)32(19-24-11-9-22(3)10-12-24)28(33)20-35-26-15-13-25(30)14-16-26/h4-16,21,27H,17-20H2,1-3H3,(H,31,34)/t27-/m0/s1. The fraction of sp³-hybridized carbons (Fsp3) is 0.310. The largest absolute Gasteiger partial charge is 0.484 e. The fourth-order valence-corrected chi connectivity index (χ4v) is 3.89. The van der Waals surface area contributed by atoms with Gasteiger partial charge >= 0.3 is 0 Å².